The standard InChI is InChI=1S/C17H19NO6S/c1-17(2,3)12-6-5-7-14(10-12)24-25(21,22)16-9-8-13(23-4)11-15(16)18(19)20/h5-11H,1-4H3. The van der Waals surface area contributed by atoms with E-state index in [4.69, 9.17) is 8.92 Å². The predicted octanol–water partition coefficient (Wildman–Crippen LogP) is 3.67. The molecule has 2 aromatic rings. The van der Waals surface area contributed by atoms with E-state index >= 15 is 0 Å². The van der Waals surface area contributed by atoms with Gasteiger partial charge in [-0.3, -0.25) is 10.1 Å². The molecule has 2 rings (SSSR count). The molecular weight excluding hydrogens is 346 g/mol. The molecule has 8 heteroatoms. The van der Waals surface area contributed by atoms with Gasteiger partial charge in [0.15, 0.2) is 4.90 Å². The molecule has 0 saturated carbocycles. The van der Waals surface area contributed by atoms with Crippen LogP contribution in [0, 0.1) is 10.1 Å². The Morgan fingerprint density at radius 2 is 1.72 bits per heavy atom. The fourth-order valence-corrected chi connectivity index (χ4v) is 3.24. The van der Waals surface area contributed by atoms with Crippen LogP contribution < -0.4 is 8.92 Å². The number of methoxy groups -OCH3 is 1. The van der Waals surface area contributed by atoms with E-state index in [1.54, 1.807) is 12.1 Å². The first-order chi connectivity index (χ1) is 11.5. The molecule has 0 aliphatic heterocycles. The number of ether oxygens (including phenoxy) is 1. The van der Waals surface area contributed by atoms with E-state index in [9.17, 15) is 18.5 Å². The SMILES string of the molecule is COc1ccc(S(=O)(=O)Oc2cccc(C(C)(C)C)c2)c([N+](=O)[O-])c1. The molecule has 0 unspecified atom stereocenters. The molecule has 0 saturated heterocycles. The molecule has 0 N–H and O–H groups in total. The minimum absolute atomic E-state index is 0.0949. The van der Waals surface area contributed by atoms with E-state index in [0.717, 1.165) is 17.7 Å². The summed E-state index contributed by atoms with van der Waals surface area (Å²) in [6.07, 6.45) is 0. The zero-order chi connectivity index (χ0) is 18.8. The second-order valence-electron chi connectivity index (χ2n) is 6.41. The summed E-state index contributed by atoms with van der Waals surface area (Å²) in [5.74, 6) is 0.276. The van der Waals surface area contributed by atoms with Gasteiger partial charge in [0.05, 0.1) is 18.1 Å². The van der Waals surface area contributed by atoms with E-state index < -0.39 is 25.6 Å². The van der Waals surface area contributed by atoms with Crippen LogP contribution in [-0.4, -0.2) is 20.5 Å². The monoisotopic (exact) mass is 365 g/mol. The zero-order valence-electron chi connectivity index (χ0n) is 14.3. The van der Waals surface area contributed by atoms with Gasteiger partial charge in [-0.1, -0.05) is 32.9 Å². The average Bonchev–Trinajstić information content (AvgIpc) is 2.53. The van der Waals surface area contributed by atoms with Crippen molar-refractivity contribution in [2.75, 3.05) is 7.11 Å². The largest absolute Gasteiger partial charge is 0.497 e. The number of rotatable bonds is 5. The first-order valence-electron chi connectivity index (χ1n) is 7.42. The maximum atomic E-state index is 12.5. The molecule has 2 aromatic carbocycles. The van der Waals surface area contributed by atoms with Crippen molar-refractivity contribution in [3.05, 3.63) is 58.1 Å². The van der Waals surface area contributed by atoms with Crippen LogP contribution in [-0.2, 0) is 15.5 Å². The molecule has 25 heavy (non-hydrogen) atoms. The molecule has 0 bridgehead atoms. The lowest BCUT2D eigenvalue weighted by Gasteiger charge is -2.19. The fraction of sp³-hybridized carbons (Fsp3) is 0.294. The molecular formula is C17H19NO6S. The van der Waals surface area contributed by atoms with Crippen LogP contribution in [0.5, 0.6) is 11.5 Å². The minimum atomic E-state index is -4.37. The lowest BCUT2D eigenvalue weighted by Crippen LogP contribution is -2.14. The Labute approximate surface area is 146 Å². The molecule has 0 aliphatic carbocycles. The molecule has 0 atom stereocenters. The van der Waals surface area contributed by atoms with Crippen LogP contribution in [0.4, 0.5) is 5.69 Å². The van der Waals surface area contributed by atoms with Gasteiger partial charge in [-0.05, 0) is 35.2 Å². The number of hydrogen-bond acceptors (Lipinski definition) is 6. The highest BCUT2D eigenvalue weighted by Crippen LogP contribution is 2.32. The van der Waals surface area contributed by atoms with Gasteiger partial charge >= 0.3 is 10.1 Å². The van der Waals surface area contributed by atoms with Crippen molar-refractivity contribution in [1.82, 2.24) is 0 Å². The van der Waals surface area contributed by atoms with Crippen molar-refractivity contribution < 1.29 is 22.3 Å². The van der Waals surface area contributed by atoms with E-state index in [2.05, 4.69) is 0 Å². The molecule has 0 aliphatic rings. The Bertz CT molecular complexity index is 900. The summed E-state index contributed by atoms with van der Waals surface area (Å²) in [5, 5.41) is 11.2. The number of nitro benzene ring substituents is 1. The second-order valence-corrected chi connectivity index (χ2v) is 7.92. The summed E-state index contributed by atoms with van der Waals surface area (Å²) in [5.41, 5.74) is 0.0747. The van der Waals surface area contributed by atoms with Crippen molar-refractivity contribution in [1.29, 1.82) is 0 Å². The Balaban J connectivity index is 2.45. The lowest BCUT2D eigenvalue weighted by atomic mass is 9.87. The predicted molar refractivity (Wildman–Crippen MR) is 92.6 cm³/mol. The van der Waals surface area contributed by atoms with Crippen molar-refractivity contribution >= 4 is 15.8 Å². The first kappa shape index (κ1) is 18.7. The Morgan fingerprint density at radius 3 is 2.28 bits per heavy atom. The Morgan fingerprint density at radius 1 is 1.04 bits per heavy atom. The summed E-state index contributed by atoms with van der Waals surface area (Å²) in [6, 6.07) is 10.1. The third kappa shape index (κ3) is 4.27. The summed E-state index contributed by atoms with van der Waals surface area (Å²) in [4.78, 5) is 9.89. The summed E-state index contributed by atoms with van der Waals surface area (Å²) in [7, 11) is -3.04. The fourth-order valence-electron chi connectivity index (χ4n) is 2.16. The van der Waals surface area contributed by atoms with Crippen molar-refractivity contribution in [3.8, 4) is 11.5 Å². The van der Waals surface area contributed by atoms with Crippen LogP contribution in [0.3, 0.4) is 0 Å². The number of hydrogen-bond donors (Lipinski definition) is 0. The number of benzene rings is 2. The highest BCUT2D eigenvalue weighted by atomic mass is 32.2. The molecule has 0 amide bonds. The van der Waals surface area contributed by atoms with E-state index in [-0.39, 0.29) is 16.9 Å². The first-order valence-corrected chi connectivity index (χ1v) is 8.83. The molecule has 0 radical (unpaired) electrons. The Kier molecular flexibility index (Phi) is 5.03. The van der Waals surface area contributed by atoms with Crippen LogP contribution in [0.25, 0.3) is 0 Å². The van der Waals surface area contributed by atoms with Crippen LogP contribution >= 0.6 is 0 Å². The van der Waals surface area contributed by atoms with E-state index in [1.807, 2.05) is 26.8 Å². The van der Waals surface area contributed by atoms with Gasteiger partial charge in [0.2, 0.25) is 0 Å². The minimum Gasteiger partial charge on any atom is -0.497 e. The molecule has 0 heterocycles. The topological polar surface area (TPSA) is 95.7 Å². The van der Waals surface area contributed by atoms with Gasteiger partial charge in [-0.2, -0.15) is 8.42 Å². The van der Waals surface area contributed by atoms with Gasteiger partial charge in [-0.25, -0.2) is 0 Å². The van der Waals surface area contributed by atoms with E-state index in [1.165, 1.54) is 19.2 Å². The molecule has 0 spiro atoms. The molecule has 134 valence electrons. The third-order valence-electron chi connectivity index (χ3n) is 3.54. The zero-order valence-corrected chi connectivity index (χ0v) is 15.2. The quantitative estimate of drug-likeness (QED) is 0.456. The van der Waals surface area contributed by atoms with Gasteiger partial charge in [0.25, 0.3) is 5.69 Å². The third-order valence-corrected chi connectivity index (χ3v) is 4.83. The number of nitro groups is 1. The van der Waals surface area contributed by atoms with E-state index in [0.29, 0.717) is 0 Å². The maximum Gasteiger partial charge on any atom is 0.346 e. The van der Waals surface area contributed by atoms with Gasteiger partial charge < -0.3 is 8.92 Å². The van der Waals surface area contributed by atoms with Crippen molar-refractivity contribution in [3.63, 3.8) is 0 Å². The summed E-state index contributed by atoms with van der Waals surface area (Å²) >= 11 is 0. The normalized spacial score (nSPS) is 11.8. The maximum absolute atomic E-state index is 12.5. The smallest absolute Gasteiger partial charge is 0.346 e. The van der Waals surface area contributed by atoms with Gasteiger partial charge in [0, 0.05) is 0 Å². The second kappa shape index (κ2) is 6.72. The number of nitrogens with zero attached hydrogens (tertiary/aromatic N) is 1. The van der Waals surface area contributed by atoms with Crippen LogP contribution in [0.15, 0.2) is 47.4 Å². The molecule has 0 aromatic heterocycles. The van der Waals surface area contributed by atoms with Crippen molar-refractivity contribution in [2.24, 2.45) is 0 Å². The molecule has 0 fully saturated rings. The van der Waals surface area contributed by atoms with Gasteiger partial charge in [-0.15, -0.1) is 0 Å². The summed E-state index contributed by atoms with van der Waals surface area (Å²) in [6.45, 7) is 5.94. The Hall–Kier alpha value is -2.61. The lowest BCUT2D eigenvalue weighted by molar-refractivity contribution is -0.388. The highest BCUT2D eigenvalue weighted by Gasteiger charge is 2.29. The summed E-state index contributed by atoms with van der Waals surface area (Å²) < 4.78 is 35.1. The molecule has 7 nitrogen and oxygen atoms in total. The van der Waals surface area contributed by atoms with Gasteiger partial charge in [0.1, 0.15) is 11.5 Å². The van der Waals surface area contributed by atoms with Crippen LogP contribution in [0.1, 0.15) is 26.3 Å². The van der Waals surface area contributed by atoms with Crippen molar-refractivity contribution in [2.45, 2.75) is 31.1 Å². The highest BCUT2D eigenvalue weighted by molar-refractivity contribution is 7.87. The van der Waals surface area contributed by atoms with Crippen LogP contribution in [0.2, 0.25) is 0 Å². The average molecular weight is 365 g/mol.